The average molecular weight is 278 g/mol. The van der Waals surface area contributed by atoms with Gasteiger partial charge in [0.1, 0.15) is 5.69 Å². The first-order chi connectivity index (χ1) is 8.70. The van der Waals surface area contributed by atoms with Crippen molar-refractivity contribution in [3.8, 4) is 12.3 Å². The number of terminal acetylenes is 1. The molecular formula is C12H8ClN3OS. The van der Waals surface area contributed by atoms with Crippen molar-refractivity contribution in [1.82, 2.24) is 15.3 Å². The lowest BCUT2D eigenvalue weighted by Gasteiger charge is -2.03. The zero-order valence-electron chi connectivity index (χ0n) is 9.18. The predicted octanol–water partition coefficient (Wildman–Crippen LogP) is 2.10. The zero-order chi connectivity index (χ0) is 13.0. The van der Waals surface area contributed by atoms with Gasteiger partial charge in [-0.15, -0.1) is 17.8 Å². The third-order valence-corrected chi connectivity index (χ3v) is 3.23. The fourth-order valence-electron chi connectivity index (χ4n) is 1.25. The van der Waals surface area contributed by atoms with Gasteiger partial charge < -0.3 is 5.32 Å². The van der Waals surface area contributed by atoms with Gasteiger partial charge in [-0.25, -0.2) is 4.98 Å². The Morgan fingerprint density at radius 2 is 2.44 bits per heavy atom. The van der Waals surface area contributed by atoms with E-state index in [-0.39, 0.29) is 12.5 Å². The minimum Gasteiger partial charge on any atom is -0.345 e. The quantitative estimate of drug-likeness (QED) is 0.874. The first-order valence-electron chi connectivity index (χ1n) is 5.00. The molecular weight excluding hydrogens is 270 g/mol. The minimum absolute atomic E-state index is 0.251. The van der Waals surface area contributed by atoms with E-state index in [0.29, 0.717) is 21.4 Å². The molecule has 0 aromatic carbocycles. The third kappa shape index (κ3) is 2.86. The average Bonchev–Trinajstić information content (AvgIpc) is 2.86. The number of amides is 1. The van der Waals surface area contributed by atoms with Crippen LogP contribution in [0, 0.1) is 12.3 Å². The molecule has 1 N–H and O–H groups in total. The Bertz CT molecular complexity index is 618. The Morgan fingerprint density at radius 3 is 3.11 bits per heavy atom. The van der Waals surface area contributed by atoms with E-state index < -0.39 is 0 Å². The van der Waals surface area contributed by atoms with Gasteiger partial charge in [0.2, 0.25) is 0 Å². The lowest BCUT2D eigenvalue weighted by molar-refractivity contribution is 0.0946. The highest BCUT2D eigenvalue weighted by atomic mass is 35.5. The molecule has 2 heterocycles. The lowest BCUT2D eigenvalue weighted by Crippen LogP contribution is -2.23. The van der Waals surface area contributed by atoms with Gasteiger partial charge in [-0.3, -0.25) is 9.78 Å². The zero-order valence-corrected chi connectivity index (χ0v) is 10.8. The highest BCUT2D eigenvalue weighted by Crippen LogP contribution is 2.12. The Kier molecular flexibility index (Phi) is 3.92. The number of nitrogens with zero attached hydrogens (tertiary/aromatic N) is 2. The molecule has 0 spiro atoms. The molecule has 0 aliphatic rings. The Morgan fingerprint density at radius 1 is 1.61 bits per heavy atom. The second-order valence-electron chi connectivity index (χ2n) is 3.30. The summed E-state index contributed by atoms with van der Waals surface area (Å²) in [7, 11) is 0. The molecule has 0 saturated carbocycles. The second-order valence-corrected chi connectivity index (χ2v) is 4.56. The van der Waals surface area contributed by atoms with E-state index in [9.17, 15) is 4.79 Å². The van der Waals surface area contributed by atoms with Crippen molar-refractivity contribution >= 4 is 28.8 Å². The van der Waals surface area contributed by atoms with E-state index in [2.05, 4.69) is 21.2 Å². The topological polar surface area (TPSA) is 54.9 Å². The number of aromatic nitrogens is 2. The van der Waals surface area contributed by atoms with Crippen LogP contribution in [0.25, 0.3) is 0 Å². The first-order valence-corrected chi connectivity index (χ1v) is 6.26. The number of nitrogens with one attached hydrogen (secondary N) is 1. The maximum Gasteiger partial charge on any atom is 0.271 e. The number of hydrogen-bond acceptors (Lipinski definition) is 4. The summed E-state index contributed by atoms with van der Waals surface area (Å²) in [4.78, 5) is 19.8. The van der Waals surface area contributed by atoms with Crippen LogP contribution in [0.4, 0.5) is 0 Å². The van der Waals surface area contributed by atoms with E-state index >= 15 is 0 Å². The molecule has 0 bridgehead atoms. The van der Waals surface area contributed by atoms with Gasteiger partial charge in [0, 0.05) is 11.6 Å². The van der Waals surface area contributed by atoms with Crippen LogP contribution in [0.2, 0.25) is 5.02 Å². The summed E-state index contributed by atoms with van der Waals surface area (Å²) in [5, 5.41) is 5.30. The smallest absolute Gasteiger partial charge is 0.271 e. The Hall–Kier alpha value is -1.90. The predicted molar refractivity (Wildman–Crippen MR) is 70.5 cm³/mol. The van der Waals surface area contributed by atoms with Gasteiger partial charge in [0.15, 0.2) is 5.01 Å². The number of hydrogen-bond donors (Lipinski definition) is 1. The summed E-state index contributed by atoms with van der Waals surface area (Å²) in [5.74, 6) is 2.08. The van der Waals surface area contributed by atoms with E-state index in [0.717, 1.165) is 0 Å². The highest BCUT2D eigenvalue weighted by molar-refractivity contribution is 7.10. The molecule has 1 amide bonds. The van der Waals surface area contributed by atoms with Crippen molar-refractivity contribution in [2.75, 3.05) is 0 Å². The summed E-state index contributed by atoms with van der Waals surface area (Å²) in [6, 6.07) is 3.45. The molecule has 18 heavy (non-hydrogen) atoms. The summed E-state index contributed by atoms with van der Waals surface area (Å²) in [5.41, 5.74) is 0.917. The molecule has 90 valence electrons. The lowest BCUT2D eigenvalue weighted by atomic mass is 10.3. The normalized spacial score (nSPS) is 9.78. The largest absolute Gasteiger partial charge is 0.345 e. The first kappa shape index (κ1) is 12.6. The maximum absolute atomic E-state index is 11.8. The SMILES string of the molecule is C#Cc1nc(C(=O)NCc2ncccc2Cl)cs1. The second kappa shape index (κ2) is 5.63. The molecule has 0 unspecified atom stereocenters. The molecule has 0 aliphatic carbocycles. The molecule has 2 aromatic heterocycles. The molecule has 0 fully saturated rings. The van der Waals surface area contributed by atoms with E-state index in [4.69, 9.17) is 18.0 Å². The van der Waals surface area contributed by atoms with Crippen molar-refractivity contribution in [2.45, 2.75) is 6.54 Å². The van der Waals surface area contributed by atoms with Gasteiger partial charge in [-0.05, 0) is 18.1 Å². The maximum atomic E-state index is 11.8. The summed E-state index contributed by atoms with van der Waals surface area (Å²) in [6.45, 7) is 0.251. The Balaban J connectivity index is 2.01. The molecule has 0 atom stereocenters. The molecule has 2 rings (SSSR count). The van der Waals surface area contributed by atoms with Crippen LogP contribution in [0.3, 0.4) is 0 Å². The van der Waals surface area contributed by atoms with Gasteiger partial charge >= 0.3 is 0 Å². The van der Waals surface area contributed by atoms with Crippen LogP contribution in [0.5, 0.6) is 0 Å². The molecule has 0 radical (unpaired) electrons. The van der Waals surface area contributed by atoms with Crippen molar-refractivity contribution in [2.24, 2.45) is 0 Å². The van der Waals surface area contributed by atoms with Gasteiger partial charge in [-0.2, -0.15) is 0 Å². The summed E-state index contributed by atoms with van der Waals surface area (Å²) >= 11 is 7.18. The summed E-state index contributed by atoms with van der Waals surface area (Å²) in [6.07, 6.45) is 6.80. The van der Waals surface area contributed by atoms with Crippen molar-refractivity contribution in [3.05, 3.63) is 45.1 Å². The van der Waals surface area contributed by atoms with Gasteiger partial charge in [0.25, 0.3) is 5.91 Å². The molecule has 2 aromatic rings. The van der Waals surface area contributed by atoms with Crippen molar-refractivity contribution in [3.63, 3.8) is 0 Å². The van der Waals surface area contributed by atoms with Crippen LogP contribution in [0.15, 0.2) is 23.7 Å². The fraction of sp³-hybridized carbons (Fsp3) is 0.0833. The standard InChI is InChI=1S/C12H8ClN3OS/c1-2-11-16-10(7-18-11)12(17)15-6-9-8(13)4-3-5-14-9/h1,3-5,7H,6H2,(H,15,17). The monoisotopic (exact) mass is 277 g/mol. The van der Waals surface area contributed by atoms with E-state index in [1.165, 1.54) is 11.3 Å². The van der Waals surface area contributed by atoms with Crippen molar-refractivity contribution < 1.29 is 4.79 Å². The highest BCUT2D eigenvalue weighted by Gasteiger charge is 2.10. The van der Waals surface area contributed by atoms with Crippen LogP contribution < -0.4 is 5.32 Å². The molecule has 0 aliphatic heterocycles. The van der Waals surface area contributed by atoms with E-state index in [1.54, 1.807) is 23.7 Å². The minimum atomic E-state index is -0.297. The molecule has 4 nitrogen and oxygen atoms in total. The number of carbonyl (C=O) groups is 1. The van der Waals surface area contributed by atoms with E-state index in [1.807, 2.05) is 0 Å². The van der Waals surface area contributed by atoms with Crippen molar-refractivity contribution in [1.29, 1.82) is 0 Å². The number of halogens is 1. The van der Waals surface area contributed by atoms with Crippen LogP contribution >= 0.6 is 22.9 Å². The van der Waals surface area contributed by atoms with Gasteiger partial charge in [-0.1, -0.05) is 11.6 Å². The number of thiazole rings is 1. The Labute approximate surface area is 113 Å². The fourth-order valence-corrected chi connectivity index (χ4v) is 2.04. The van der Waals surface area contributed by atoms with Crippen LogP contribution in [-0.2, 0) is 6.54 Å². The van der Waals surface area contributed by atoms with Crippen LogP contribution in [0.1, 0.15) is 21.2 Å². The molecule has 6 heteroatoms. The number of carbonyl (C=O) groups excluding carboxylic acids is 1. The number of pyridine rings is 1. The summed E-state index contributed by atoms with van der Waals surface area (Å²) < 4.78 is 0. The number of rotatable bonds is 3. The third-order valence-electron chi connectivity index (χ3n) is 2.11. The van der Waals surface area contributed by atoms with Gasteiger partial charge in [0.05, 0.1) is 17.3 Å². The molecule has 0 saturated heterocycles. The van der Waals surface area contributed by atoms with Crippen LogP contribution in [-0.4, -0.2) is 15.9 Å².